The Kier molecular flexibility index (Phi) is 4.10. The second-order valence-corrected chi connectivity index (χ2v) is 6.07. The lowest BCUT2D eigenvalue weighted by molar-refractivity contribution is -0.129. The van der Waals surface area contributed by atoms with Gasteiger partial charge in [-0.1, -0.05) is 18.9 Å². The molecule has 22 heavy (non-hydrogen) atoms. The average Bonchev–Trinajstić information content (AvgIpc) is 3.16. The van der Waals surface area contributed by atoms with E-state index in [9.17, 15) is 9.59 Å². The van der Waals surface area contributed by atoms with Gasteiger partial charge in [-0.05, 0) is 31.0 Å². The molecule has 1 saturated carbocycles. The quantitative estimate of drug-likeness (QED) is 0.930. The van der Waals surface area contributed by atoms with E-state index in [0.717, 1.165) is 12.8 Å². The molecule has 2 amide bonds. The number of hydrogen-bond acceptors (Lipinski definition) is 3. The molecule has 1 heterocycles. The summed E-state index contributed by atoms with van der Waals surface area (Å²) in [7, 11) is 0. The van der Waals surface area contributed by atoms with Crippen LogP contribution in [-0.4, -0.2) is 29.3 Å². The molecule has 2 aliphatic rings. The molecule has 1 aromatic rings. The van der Waals surface area contributed by atoms with E-state index in [2.05, 4.69) is 5.32 Å². The lowest BCUT2D eigenvalue weighted by Crippen LogP contribution is -2.35. The molecule has 0 radical (unpaired) electrons. The number of amides is 2. The van der Waals surface area contributed by atoms with Crippen molar-refractivity contribution in [3.63, 3.8) is 0 Å². The van der Waals surface area contributed by atoms with Gasteiger partial charge >= 0.3 is 0 Å². The van der Waals surface area contributed by atoms with Gasteiger partial charge in [-0.15, -0.1) is 0 Å². The molecule has 5 nitrogen and oxygen atoms in total. The molecule has 2 fully saturated rings. The van der Waals surface area contributed by atoms with E-state index in [4.69, 9.17) is 5.26 Å². The largest absolute Gasteiger partial charge is 0.339 e. The third-order valence-electron chi connectivity index (χ3n) is 4.55. The van der Waals surface area contributed by atoms with Gasteiger partial charge in [0, 0.05) is 24.7 Å². The van der Waals surface area contributed by atoms with Crippen molar-refractivity contribution in [2.24, 2.45) is 5.92 Å². The molecule has 1 saturated heterocycles. The van der Waals surface area contributed by atoms with Gasteiger partial charge in [0.2, 0.25) is 11.8 Å². The minimum Gasteiger partial charge on any atom is -0.339 e. The van der Waals surface area contributed by atoms with Crippen molar-refractivity contribution < 1.29 is 9.59 Å². The minimum absolute atomic E-state index is 0.0952. The number of nitriles is 1. The zero-order chi connectivity index (χ0) is 15.5. The normalized spacial score (nSPS) is 21.9. The van der Waals surface area contributed by atoms with Crippen LogP contribution >= 0.6 is 0 Å². The molecule has 0 aromatic heterocycles. The van der Waals surface area contributed by atoms with Gasteiger partial charge in [0.05, 0.1) is 17.6 Å². The molecule has 5 heteroatoms. The van der Waals surface area contributed by atoms with Crippen molar-refractivity contribution in [1.29, 1.82) is 5.26 Å². The molecule has 0 spiro atoms. The lowest BCUT2D eigenvalue weighted by Gasteiger charge is -2.23. The summed E-state index contributed by atoms with van der Waals surface area (Å²) in [6, 6.07) is 9.20. The van der Waals surface area contributed by atoms with Gasteiger partial charge < -0.3 is 10.2 Å². The van der Waals surface area contributed by atoms with Gasteiger partial charge in [0.1, 0.15) is 0 Å². The lowest BCUT2D eigenvalue weighted by atomic mass is 10.1. The Morgan fingerprint density at radius 2 is 2.09 bits per heavy atom. The number of carbonyl (C=O) groups is 2. The van der Waals surface area contributed by atoms with Crippen LogP contribution in [0.1, 0.15) is 37.7 Å². The van der Waals surface area contributed by atoms with Gasteiger partial charge in [-0.3, -0.25) is 9.59 Å². The van der Waals surface area contributed by atoms with Crippen LogP contribution in [0.3, 0.4) is 0 Å². The number of carbonyl (C=O) groups excluding carboxylic acids is 2. The van der Waals surface area contributed by atoms with Crippen molar-refractivity contribution in [3.8, 4) is 6.07 Å². The van der Waals surface area contributed by atoms with Gasteiger partial charge in [0.25, 0.3) is 0 Å². The first kappa shape index (κ1) is 14.6. The maximum absolute atomic E-state index is 12.3. The standard InChI is InChI=1S/C17H19N3O2/c18-10-12-4-3-5-14(8-12)19-17(22)13-9-16(21)20(11-13)15-6-1-2-7-15/h3-5,8,13,15H,1-2,6-7,9,11H2,(H,19,22). The molecule has 1 aliphatic heterocycles. The van der Waals surface area contributed by atoms with Gasteiger partial charge in [-0.25, -0.2) is 0 Å². The molecular formula is C17H19N3O2. The third kappa shape index (κ3) is 2.96. The first-order valence-electron chi connectivity index (χ1n) is 7.78. The summed E-state index contributed by atoms with van der Waals surface area (Å²) >= 11 is 0. The Morgan fingerprint density at radius 1 is 1.32 bits per heavy atom. The Balaban J connectivity index is 1.63. The van der Waals surface area contributed by atoms with E-state index in [1.807, 2.05) is 11.0 Å². The molecular weight excluding hydrogens is 278 g/mol. The minimum atomic E-state index is -0.293. The highest BCUT2D eigenvalue weighted by Crippen LogP contribution is 2.30. The van der Waals surface area contributed by atoms with E-state index in [-0.39, 0.29) is 17.7 Å². The fraction of sp³-hybridized carbons (Fsp3) is 0.471. The summed E-state index contributed by atoms with van der Waals surface area (Å²) in [6.45, 7) is 0.521. The highest BCUT2D eigenvalue weighted by Gasteiger charge is 2.38. The van der Waals surface area contributed by atoms with Crippen molar-refractivity contribution >= 4 is 17.5 Å². The van der Waals surface area contributed by atoms with Crippen LogP contribution in [-0.2, 0) is 9.59 Å². The predicted octanol–water partition coefficient (Wildman–Crippen LogP) is 2.29. The predicted molar refractivity (Wildman–Crippen MR) is 81.9 cm³/mol. The van der Waals surface area contributed by atoms with Gasteiger partial charge in [-0.2, -0.15) is 5.26 Å². The molecule has 1 aromatic carbocycles. The van der Waals surface area contributed by atoms with Crippen molar-refractivity contribution in [1.82, 2.24) is 4.90 Å². The number of likely N-dealkylation sites (tertiary alicyclic amines) is 1. The highest BCUT2D eigenvalue weighted by atomic mass is 16.2. The number of anilines is 1. The van der Waals surface area contributed by atoms with E-state index < -0.39 is 0 Å². The maximum Gasteiger partial charge on any atom is 0.229 e. The number of nitrogens with zero attached hydrogens (tertiary/aromatic N) is 2. The van der Waals surface area contributed by atoms with E-state index in [0.29, 0.717) is 30.3 Å². The van der Waals surface area contributed by atoms with E-state index in [1.54, 1.807) is 24.3 Å². The molecule has 1 unspecified atom stereocenters. The van der Waals surface area contributed by atoms with Crippen LogP contribution in [0.5, 0.6) is 0 Å². The Labute approximate surface area is 129 Å². The molecule has 114 valence electrons. The Morgan fingerprint density at radius 3 is 2.82 bits per heavy atom. The van der Waals surface area contributed by atoms with Crippen molar-refractivity contribution in [2.45, 2.75) is 38.1 Å². The molecule has 3 rings (SSSR count). The van der Waals surface area contributed by atoms with Gasteiger partial charge in [0.15, 0.2) is 0 Å². The summed E-state index contributed by atoms with van der Waals surface area (Å²) < 4.78 is 0. The topological polar surface area (TPSA) is 73.2 Å². The molecule has 0 bridgehead atoms. The van der Waals surface area contributed by atoms with Crippen molar-refractivity contribution in [3.05, 3.63) is 29.8 Å². The third-order valence-corrected chi connectivity index (χ3v) is 4.55. The first-order valence-corrected chi connectivity index (χ1v) is 7.78. The van der Waals surface area contributed by atoms with Crippen LogP contribution in [0, 0.1) is 17.2 Å². The summed E-state index contributed by atoms with van der Waals surface area (Å²) in [5, 5.41) is 11.7. The Hall–Kier alpha value is -2.35. The smallest absolute Gasteiger partial charge is 0.229 e. The number of nitrogens with one attached hydrogen (secondary N) is 1. The molecule has 1 atom stereocenters. The van der Waals surface area contributed by atoms with E-state index in [1.165, 1.54) is 12.8 Å². The number of rotatable bonds is 3. The second-order valence-electron chi connectivity index (χ2n) is 6.07. The van der Waals surface area contributed by atoms with E-state index >= 15 is 0 Å². The highest BCUT2D eigenvalue weighted by molar-refractivity contribution is 5.97. The second kappa shape index (κ2) is 6.18. The number of hydrogen-bond donors (Lipinski definition) is 1. The van der Waals surface area contributed by atoms with Crippen LogP contribution in [0.25, 0.3) is 0 Å². The Bertz CT molecular complexity index is 629. The summed E-state index contributed by atoms with van der Waals surface area (Å²) in [6.07, 6.45) is 4.76. The van der Waals surface area contributed by atoms with Crippen molar-refractivity contribution in [2.75, 3.05) is 11.9 Å². The first-order chi connectivity index (χ1) is 10.7. The molecule has 1 N–H and O–H groups in total. The summed E-state index contributed by atoms with van der Waals surface area (Å²) in [4.78, 5) is 26.4. The fourth-order valence-electron chi connectivity index (χ4n) is 3.39. The monoisotopic (exact) mass is 297 g/mol. The van der Waals surface area contributed by atoms with Crippen LogP contribution < -0.4 is 5.32 Å². The summed E-state index contributed by atoms with van der Waals surface area (Å²) in [5.41, 5.74) is 1.11. The fourth-order valence-corrected chi connectivity index (χ4v) is 3.39. The van der Waals surface area contributed by atoms with Crippen LogP contribution in [0.4, 0.5) is 5.69 Å². The SMILES string of the molecule is N#Cc1cccc(NC(=O)C2CC(=O)N(C3CCCC3)C2)c1. The molecule has 1 aliphatic carbocycles. The zero-order valence-electron chi connectivity index (χ0n) is 12.4. The van der Waals surface area contributed by atoms with Crippen LogP contribution in [0.2, 0.25) is 0 Å². The maximum atomic E-state index is 12.3. The number of benzene rings is 1. The summed E-state index contributed by atoms with van der Waals surface area (Å²) in [5.74, 6) is -0.333. The zero-order valence-corrected chi connectivity index (χ0v) is 12.4. The van der Waals surface area contributed by atoms with Crippen LogP contribution in [0.15, 0.2) is 24.3 Å². The average molecular weight is 297 g/mol.